The first-order chi connectivity index (χ1) is 11.8. The summed E-state index contributed by atoms with van der Waals surface area (Å²) in [4.78, 5) is 15.9. The summed E-state index contributed by atoms with van der Waals surface area (Å²) < 4.78 is 11.0. The van der Waals surface area contributed by atoms with Crippen LogP contribution >= 0.6 is 0 Å². The number of pyridine rings is 1. The second-order valence-corrected chi connectivity index (χ2v) is 5.24. The number of carbonyl (C=O) groups excluding carboxylic acids is 1. The Balaban J connectivity index is 1.50. The van der Waals surface area contributed by atoms with Crippen molar-refractivity contribution in [2.24, 2.45) is 0 Å². The zero-order valence-corrected chi connectivity index (χ0v) is 13.1. The fourth-order valence-electron chi connectivity index (χ4n) is 2.14. The Morgan fingerprint density at radius 3 is 2.33 bits per heavy atom. The molecule has 0 unspecified atom stereocenters. The van der Waals surface area contributed by atoms with Crippen molar-refractivity contribution in [3.05, 3.63) is 95.8 Å². The Kier molecular flexibility index (Phi) is 5.20. The van der Waals surface area contributed by atoms with Crippen LogP contribution in [0.15, 0.2) is 79.1 Å². The van der Waals surface area contributed by atoms with Crippen LogP contribution in [0.2, 0.25) is 0 Å². The molecule has 0 N–H and O–H groups in total. The van der Waals surface area contributed by atoms with Crippen LogP contribution in [-0.4, -0.2) is 11.0 Å². The highest BCUT2D eigenvalue weighted by atomic mass is 16.5. The number of aromatic nitrogens is 1. The van der Waals surface area contributed by atoms with E-state index in [2.05, 4.69) is 4.98 Å². The van der Waals surface area contributed by atoms with Gasteiger partial charge < -0.3 is 9.47 Å². The van der Waals surface area contributed by atoms with Crippen molar-refractivity contribution in [3.8, 4) is 5.75 Å². The summed E-state index contributed by atoms with van der Waals surface area (Å²) in [5.41, 5.74) is 2.47. The summed E-state index contributed by atoms with van der Waals surface area (Å²) in [6.07, 6.45) is 3.51. The van der Waals surface area contributed by atoms with Gasteiger partial charge in [-0.05, 0) is 35.9 Å². The van der Waals surface area contributed by atoms with Gasteiger partial charge in [-0.25, -0.2) is 4.79 Å². The van der Waals surface area contributed by atoms with Gasteiger partial charge in [-0.15, -0.1) is 0 Å². The molecule has 0 saturated carbocycles. The fraction of sp³-hybridized carbons (Fsp3) is 0.100. The number of esters is 1. The highest BCUT2D eigenvalue weighted by Crippen LogP contribution is 2.15. The summed E-state index contributed by atoms with van der Waals surface area (Å²) in [5, 5.41) is 0. The van der Waals surface area contributed by atoms with Gasteiger partial charge in [0.15, 0.2) is 0 Å². The molecule has 2 aromatic carbocycles. The summed E-state index contributed by atoms with van der Waals surface area (Å²) in [7, 11) is 0. The minimum atomic E-state index is -0.326. The quantitative estimate of drug-likeness (QED) is 0.644. The van der Waals surface area contributed by atoms with Crippen molar-refractivity contribution >= 4 is 5.97 Å². The highest BCUT2D eigenvalue weighted by molar-refractivity contribution is 5.89. The van der Waals surface area contributed by atoms with Gasteiger partial charge in [-0.1, -0.05) is 36.4 Å². The van der Waals surface area contributed by atoms with Crippen molar-refractivity contribution in [1.82, 2.24) is 4.98 Å². The smallest absolute Gasteiger partial charge is 0.338 e. The lowest BCUT2D eigenvalue weighted by atomic mass is 10.2. The SMILES string of the molecule is O=C(OCc1ccc(OCc2cccnc2)cc1)c1ccccc1. The number of hydrogen-bond donors (Lipinski definition) is 0. The fourth-order valence-corrected chi connectivity index (χ4v) is 2.14. The van der Waals surface area contributed by atoms with E-state index in [0.717, 1.165) is 16.9 Å². The molecule has 0 fully saturated rings. The number of ether oxygens (including phenoxy) is 2. The van der Waals surface area contributed by atoms with Gasteiger partial charge in [-0.3, -0.25) is 4.98 Å². The molecule has 4 heteroatoms. The summed E-state index contributed by atoms with van der Waals surface area (Å²) in [5.74, 6) is 0.435. The molecular weight excluding hydrogens is 302 g/mol. The molecule has 24 heavy (non-hydrogen) atoms. The van der Waals surface area contributed by atoms with Gasteiger partial charge in [-0.2, -0.15) is 0 Å². The van der Waals surface area contributed by atoms with Crippen LogP contribution in [0, 0.1) is 0 Å². The molecule has 0 atom stereocenters. The number of carbonyl (C=O) groups is 1. The molecule has 0 aliphatic carbocycles. The van der Waals surface area contributed by atoms with Gasteiger partial charge in [0.25, 0.3) is 0 Å². The van der Waals surface area contributed by atoms with E-state index in [1.807, 2.05) is 54.6 Å². The van der Waals surface area contributed by atoms with Crippen LogP contribution in [0.4, 0.5) is 0 Å². The molecule has 3 rings (SSSR count). The average molecular weight is 319 g/mol. The minimum absolute atomic E-state index is 0.233. The number of benzene rings is 2. The maximum absolute atomic E-state index is 11.9. The molecule has 0 aliphatic rings. The lowest BCUT2D eigenvalue weighted by Crippen LogP contribution is -2.04. The van der Waals surface area contributed by atoms with E-state index in [9.17, 15) is 4.79 Å². The van der Waals surface area contributed by atoms with Gasteiger partial charge in [0.1, 0.15) is 19.0 Å². The maximum Gasteiger partial charge on any atom is 0.338 e. The highest BCUT2D eigenvalue weighted by Gasteiger charge is 2.06. The Labute approximate surface area is 140 Å². The third-order valence-corrected chi connectivity index (χ3v) is 3.43. The molecule has 0 bridgehead atoms. The van der Waals surface area contributed by atoms with E-state index in [1.54, 1.807) is 24.5 Å². The molecule has 0 radical (unpaired) electrons. The molecular formula is C20H17NO3. The first-order valence-corrected chi connectivity index (χ1v) is 7.64. The second-order valence-electron chi connectivity index (χ2n) is 5.24. The van der Waals surface area contributed by atoms with E-state index in [4.69, 9.17) is 9.47 Å². The molecule has 0 spiro atoms. The molecule has 1 heterocycles. The zero-order chi connectivity index (χ0) is 16.6. The van der Waals surface area contributed by atoms with Gasteiger partial charge in [0, 0.05) is 18.0 Å². The van der Waals surface area contributed by atoms with E-state index >= 15 is 0 Å². The average Bonchev–Trinajstić information content (AvgIpc) is 2.67. The lowest BCUT2D eigenvalue weighted by molar-refractivity contribution is 0.0472. The summed E-state index contributed by atoms with van der Waals surface area (Å²) in [6, 6.07) is 20.3. The van der Waals surface area contributed by atoms with Crippen LogP contribution in [0.1, 0.15) is 21.5 Å². The molecule has 120 valence electrons. The van der Waals surface area contributed by atoms with Gasteiger partial charge in [0.05, 0.1) is 5.56 Å². The third-order valence-electron chi connectivity index (χ3n) is 3.43. The summed E-state index contributed by atoms with van der Waals surface area (Å²) in [6.45, 7) is 0.701. The molecule has 0 saturated heterocycles. The molecule has 3 aromatic rings. The van der Waals surface area contributed by atoms with Crippen LogP contribution < -0.4 is 4.74 Å². The second kappa shape index (κ2) is 7.92. The largest absolute Gasteiger partial charge is 0.489 e. The minimum Gasteiger partial charge on any atom is -0.489 e. The van der Waals surface area contributed by atoms with E-state index in [0.29, 0.717) is 12.2 Å². The first-order valence-electron chi connectivity index (χ1n) is 7.64. The number of rotatable bonds is 6. The zero-order valence-electron chi connectivity index (χ0n) is 13.1. The Bertz CT molecular complexity index is 771. The van der Waals surface area contributed by atoms with Crippen molar-refractivity contribution in [1.29, 1.82) is 0 Å². The Morgan fingerprint density at radius 2 is 1.62 bits per heavy atom. The molecule has 1 aromatic heterocycles. The number of nitrogens with zero attached hydrogens (tertiary/aromatic N) is 1. The van der Waals surface area contributed by atoms with Gasteiger partial charge >= 0.3 is 5.97 Å². The standard InChI is InChI=1S/C20H17NO3/c22-20(18-6-2-1-3-7-18)24-14-16-8-10-19(11-9-16)23-15-17-5-4-12-21-13-17/h1-13H,14-15H2. The van der Waals surface area contributed by atoms with Gasteiger partial charge in [0.2, 0.25) is 0 Å². The van der Waals surface area contributed by atoms with Crippen molar-refractivity contribution < 1.29 is 14.3 Å². The Hall–Kier alpha value is -3.14. The van der Waals surface area contributed by atoms with Crippen molar-refractivity contribution in [3.63, 3.8) is 0 Å². The molecule has 0 amide bonds. The summed E-state index contributed by atoms with van der Waals surface area (Å²) >= 11 is 0. The normalized spacial score (nSPS) is 10.2. The molecule has 0 aliphatic heterocycles. The van der Waals surface area contributed by atoms with E-state index in [-0.39, 0.29) is 12.6 Å². The van der Waals surface area contributed by atoms with Crippen LogP contribution in [-0.2, 0) is 18.0 Å². The van der Waals surface area contributed by atoms with E-state index in [1.165, 1.54) is 0 Å². The first kappa shape index (κ1) is 15.7. The predicted octanol–water partition coefficient (Wildman–Crippen LogP) is 4.02. The van der Waals surface area contributed by atoms with Crippen LogP contribution in [0.25, 0.3) is 0 Å². The third kappa shape index (κ3) is 4.43. The number of hydrogen-bond acceptors (Lipinski definition) is 4. The molecule has 4 nitrogen and oxygen atoms in total. The van der Waals surface area contributed by atoms with Crippen LogP contribution in [0.3, 0.4) is 0 Å². The van der Waals surface area contributed by atoms with E-state index < -0.39 is 0 Å². The van der Waals surface area contributed by atoms with Crippen molar-refractivity contribution in [2.45, 2.75) is 13.2 Å². The van der Waals surface area contributed by atoms with Crippen LogP contribution in [0.5, 0.6) is 5.75 Å². The van der Waals surface area contributed by atoms with Crippen molar-refractivity contribution in [2.75, 3.05) is 0 Å². The maximum atomic E-state index is 11.9. The lowest BCUT2D eigenvalue weighted by Gasteiger charge is -2.08. The monoisotopic (exact) mass is 319 g/mol. The topological polar surface area (TPSA) is 48.4 Å². The predicted molar refractivity (Wildman–Crippen MR) is 90.6 cm³/mol. The Morgan fingerprint density at radius 1 is 0.833 bits per heavy atom.